The van der Waals surface area contributed by atoms with Gasteiger partial charge in [0, 0.05) is 5.56 Å². The van der Waals surface area contributed by atoms with Gasteiger partial charge in [0.15, 0.2) is 5.78 Å². The molecule has 29 heavy (non-hydrogen) atoms. The SMILES string of the molecule is COc1ccc(C(Br)C(=O)c2ccc(O[Si](C(C)C)(C(C)C)C(C)C)cc2)cc1. The van der Waals surface area contributed by atoms with Gasteiger partial charge in [-0.2, -0.15) is 0 Å². The summed E-state index contributed by atoms with van der Waals surface area (Å²) in [5.41, 5.74) is 3.09. The van der Waals surface area contributed by atoms with E-state index in [0.29, 0.717) is 22.2 Å². The van der Waals surface area contributed by atoms with Gasteiger partial charge in [-0.1, -0.05) is 69.6 Å². The third-order valence-electron chi connectivity index (χ3n) is 5.78. The van der Waals surface area contributed by atoms with Gasteiger partial charge in [-0.05, 0) is 58.6 Å². The van der Waals surface area contributed by atoms with Crippen molar-refractivity contribution in [3.05, 3.63) is 59.7 Å². The van der Waals surface area contributed by atoms with Crippen molar-refractivity contribution in [3.63, 3.8) is 0 Å². The van der Waals surface area contributed by atoms with Crippen LogP contribution in [0.5, 0.6) is 11.5 Å². The second-order valence-electron chi connectivity index (χ2n) is 8.44. The van der Waals surface area contributed by atoms with Gasteiger partial charge in [0.2, 0.25) is 0 Å². The van der Waals surface area contributed by atoms with Crippen molar-refractivity contribution in [2.24, 2.45) is 0 Å². The lowest BCUT2D eigenvalue weighted by Crippen LogP contribution is -2.50. The molecule has 2 aromatic rings. The highest BCUT2D eigenvalue weighted by atomic mass is 79.9. The van der Waals surface area contributed by atoms with Crippen LogP contribution in [-0.2, 0) is 0 Å². The van der Waals surface area contributed by atoms with Crippen molar-refractivity contribution in [3.8, 4) is 11.5 Å². The molecule has 3 nitrogen and oxygen atoms in total. The average molecular weight is 478 g/mol. The number of ether oxygens (including phenoxy) is 1. The molecule has 0 aliphatic heterocycles. The van der Waals surface area contributed by atoms with Crippen molar-refractivity contribution in [2.45, 2.75) is 63.0 Å². The van der Waals surface area contributed by atoms with Crippen LogP contribution >= 0.6 is 15.9 Å². The monoisotopic (exact) mass is 476 g/mol. The molecule has 0 saturated carbocycles. The first-order valence-corrected chi connectivity index (χ1v) is 13.3. The summed E-state index contributed by atoms with van der Waals surface area (Å²) in [6.07, 6.45) is 0. The van der Waals surface area contributed by atoms with Crippen LogP contribution in [0.4, 0.5) is 0 Å². The largest absolute Gasteiger partial charge is 0.543 e. The molecule has 0 aliphatic rings. The molecule has 158 valence electrons. The van der Waals surface area contributed by atoms with E-state index in [4.69, 9.17) is 9.16 Å². The summed E-state index contributed by atoms with van der Waals surface area (Å²) in [5.74, 6) is 1.66. The Kier molecular flexibility index (Phi) is 8.12. The number of hydrogen-bond acceptors (Lipinski definition) is 3. The number of carbonyl (C=O) groups excluding carboxylic acids is 1. The summed E-state index contributed by atoms with van der Waals surface area (Å²) in [6.45, 7) is 13.6. The van der Waals surface area contributed by atoms with Gasteiger partial charge in [-0.25, -0.2) is 0 Å². The smallest absolute Gasteiger partial charge is 0.258 e. The molecule has 0 heterocycles. The Morgan fingerprint density at radius 1 is 0.793 bits per heavy atom. The molecule has 1 atom stereocenters. The molecule has 0 bridgehead atoms. The quantitative estimate of drug-likeness (QED) is 0.212. The summed E-state index contributed by atoms with van der Waals surface area (Å²) in [6, 6.07) is 15.2. The number of carbonyl (C=O) groups is 1. The zero-order chi connectivity index (χ0) is 21.8. The average Bonchev–Trinajstić information content (AvgIpc) is 2.70. The van der Waals surface area contributed by atoms with Crippen LogP contribution in [0.15, 0.2) is 48.5 Å². The number of Topliss-reactive ketones (excluding diaryl/α,β-unsaturated/α-hetero) is 1. The number of ketones is 1. The van der Waals surface area contributed by atoms with E-state index < -0.39 is 13.1 Å². The van der Waals surface area contributed by atoms with Crippen LogP contribution in [0.25, 0.3) is 0 Å². The van der Waals surface area contributed by atoms with Crippen LogP contribution in [0.1, 0.15) is 62.3 Å². The summed E-state index contributed by atoms with van der Waals surface area (Å²) in [7, 11) is -0.373. The van der Waals surface area contributed by atoms with Crippen LogP contribution < -0.4 is 9.16 Å². The van der Waals surface area contributed by atoms with Gasteiger partial charge in [-0.15, -0.1) is 0 Å². The van der Waals surface area contributed by atoms with E-state index in [1.807, 2.05) is 48.5 Å². The second kappa shape index (κ2) is 9.94. The fourth-order valence-corrected chi connectivity index (χ4v) is 10.1. The van der Waals surface area contributed by atoms with Crippen molar-refractivity contribution < 1.29 is 14.0 Å². The van der Waals surface area contributed by atoms with Crippen molar-refractivity contribution >= 4 is 30.0 Å². The summed E-state index contributed by atoms with van der Waals surface area (Å²) < 4.78 is 11.9. The molecule has 0 aliphatic carbocycles. The van der Waals surface area contributed by atoms with Gasteiger partial charge >= 0.3 is 0 Å². The molecular formula is C24H33BrO3Si. The van der Waals surface area contributed by atoms with Crippen LogP contribution in [0, 0.1) is 0 Å². The maximum atomic E-state index is 12.9. The first kappa shape index (κ1) is 23.7. The number of benzene rings is 2. The molecule has 1 unspecified atom stereocenters. The maximum Gasteiger partial charge on any atom is 0.258 e. The molecule has 0 radical (unpaired) electrons. The summed E-state index contributed by atoms with van der Waals surface area (Å²) >= 11 is 3.54. The predicted molar refractivity (Wildman–Crippen MR) is 127 cm³/mol. The molecule has 0 saturated heterocycles. The number of methoxy groups -OCH3 is 1. The van der Waals surface area contributed by atoms with E-state index in [1.54, 1.807) is 7.11 Å². The molecule has 0 aromatic heterocycles. The van der Waals surface area contributed by atoms with E-state index in [9.17, 15) is 4.79 Å². The van der Waals surface area contributed by atoms with Crippen molar-refractivity contribution in [1.29, 1.82) is 0 Å². The first-order chi connectivity index (χ1) is 13.6. The van der Waals surface area contributed by atoms with Gasteiger partial charge in [0.25, 0.3) is 8.32 Å². The number of rotatable bonds is 9. The molecule has 2 rings (SSSR count). The number of alkyl halides is 1. The van der Waals surface area contributed by atoms with Gasteiger partial charge in [-0.3, -0.25) is 4.79 Å². The molecule has 0 N–H and O–H groups in total. The fraction of sp³-hybridized carbons (Fsp3) is 0.458. The minimum Gasteiger partial charge on any atom is -0.543 e. The van der Waals surface area contributed by atoms with E-state index in [2.05, 4.69) is 57.5 Å². The Balaban J connectivity index is 2.21. The highest BCUT2D eigenvalue weighted by molar-refractivity contribution is 9.09. The molecule has 2 aromatic carbocycles. The Labute approximate surface area is 185 Å². The minimum absolute atomic E-state index is 0.0294. The third kappa shape index (κ3) is 5.12. The van der Waals surface area contributed by atoms with Crippen molar-refractivity contribution in [1.82, 2.24) is 0 Å². The summed E-state index contributed by atoms with van der Waals surface area (Å²) in [5, 5.41) is 0. The Hall–Kier alpha value is -1.59. The number of halogens is 1. The summed E-state index contributed by atoms with van der Waals surface area (Å²) in [4.78, 5) is 12.5. The Morgan fingerprint density at radius 3 is 1.66 bits per heavy atom. The van der Waals surface area contributed by atoms with Gasteiger partial charge in [0.1, 0.15) is 16.3 Å². The van der Waals surface area contributed by atoms with E-state index in [-0.39, 0.29) is 5.78 Å². The maximum absolute atomic E-state index is 12.9. The van der Waals surface area contributed by atoms with Gasteiger partial charge in [0.05, 0.1) is 7.11 Å². The zero-order valence-corrected chi connectivity index (χ0v) is 21.1. The van der Waals surface area contributed by atoms with Crippen LogP contribution in [-0.4, -0.2) is 21.2 Å². The van der Waals surface area contributed by atoms with Crippen LogP contribution in [0.3, 0.4) is 0 Å². The second-order valence-corrected chi connectivity index (χ2v) is 14.7. The van der Waals surface area contributed by atoms with Crippen LogP contribution in [0.2, 0.25) is 16.6 Å². The third-order valence-corrected chi connectivity index (χ3v) is 12.7. The topological polar surface area (TPSA) is 35.5 Å². The van der Waals surface area contributed by atoms with E-state index in [0.717, 1.165) is 17.1 Å². The van der Waals surface area contributed by atoms with E-state index in [1.165, 1.54) is 0 Å². The first-order valence-electron chi connectivity index (χ1n) is 10.2. The standard InChI is InChI=1S/C24H33BrO3Si/c1-16(2)29(17(3)4,18(5)6)28-22-14-10-20(11-15-22)24(26)23(25)19-8-12-21(27-7)13-9-19/h8-18,23H,1-7H3. The molecule has 0 fully saturated rings. The highest BCUT2D eigenvalue weighted by Crippen LogP contribution is 2.42. The van der Waals surface area contributed by atoms with Gasteiger partial charge < -0.3 is 9.16 Å². The molecule has 0 spiro atoms. The Morgan fingerprint density at radius 2 is 1.24 bits per heavy atom. The van der Waals surface area contributed by atoms with E-state index >= 15 is 0 Å². The lowest BCUT2D eigenvalue weighted by atomic mass is 10.0. The number of hydrogen-bond donors (Lipinski definition) is 0. The predicted octanol–water partition coefficient (Wildman–Crippen LogP) is 7.57. The highest BCUT2D eigenvalue weighted by Gasteiger charge is 2.46. The zero-order valence-electron chi connectivity index (χ0n) is 18.5. The normalized spacial score (nSPS) is 13.1. The minimum atomic E-state index is -2.00. The Bertz CT molecular complexity index is 776. The molecule has 5 heteroatoms. The molecular weight excluding hydrogens is 444 g/mol. The van der Waals surface area contributed by atoms with Crippen molar-refractivity contribution in [2.75, 3.05) is 7.11 Å². The lowest BCUT2D eigenvalue weighted by molar-refractivity contribution is 0.0991. The molecule has 0 amide bonds. The lowest BCUT2D eigenvalue weighted by Gasteiger charge is -2.42. The fourth-order valence-electron chi connectivity index (χ4n) is 4.32.